The van der Waals surface area contributed by atoms with Gasteiger partial charge in [0.05, 0.1) is 5.41 Å². The number of anilines is 1. The molecule has 6 heteroatoms. The van der Waals surface area contributed by atoms with Gasteiger partial charge in [-0.2, -0.15) is 0 Å². The van der Waals surface area contributed by atoms with E-state index in [9.17, 15) is 4.79 Å². The fourth-order valence-corrected chi connectivity index (χ4v) is 4.13. The predicted octanol–water partition coefficient (Wildman–Crippen LogP) is 4.87. The molecule has 1 amide bonds. The molecule has 2 aromatic rings. The number of rotatable bonds is 4. The van der Waals surface area contributed by atoms with E-state index in [1.165, 1.54) is 11.3 Å². The first-order valence-electron chi connectivity index (χ1n) is 7.92. The highest BCUT2D eigenvalue weighted by Crippen LogP contribution is 2.42. The number of nitrogens with one attached hydrogen (secondary N) is 1. The average Bonchev–Trinajstić information content (AvgIpc) is 3.17. The first-order valence-corrected chi connectivity index (χ1v) is 9.53. The van der Waals surface area contributed by atoms with Gasteiger partial charge >= 0.3 is 0 Å². The van der Waals surface area contributed by atoms with Crippen LogP contribution in [0.4, 0.5) is 5.13 Å². The summed E-state index contributed by atoms with van der Waals surface area (Å²) in [5, 5.41) is 12.8. The molecule has 0 spiro atoms. The molecule has 23 heavy (non-hydrogen) atoms. The third-order valence-corrected chi connectivity index (χ3v) is 6.11. The Bertz CT molecular complexity index is 690. The largest absolute Gasteiger partial charge is 0.300 e. The van der Waals surface area contributed by atoms with Crippen LogP contribution in [0.2, 0.25) is 0 Å². The lowest BCUT2D eigenvalue weighted by Gasteiger charge is -2.27. The van der Waals surface area contributed by atoms with Crippen LogP contribution >= 0.6 is 27.3 Å². The molecule has 0 atom stereocenters. The van der Waals surface area contributed by atoms with Crippen LogP contribution in [0.1, 0.15) is 56.0 Å². The Labute approximate surface area is 148 Å². The maximum atomic E-state index is 13.0. The van der Waals surface area contributed by atoms with E-state index in [1.807, 2.05) is 12.1 Å². The van der Waals surface area contributed by atoms with Crippen LogP contribution in [0.5, 0.6) is 0 Å². The van der Waals surface area contributed by atoms with E-state index in [2.05, 4.69) is 57.4 Å². The molecular weight excluding hydrogens is 374 g/mol. The summed E-state index contributed by atoms with van der Waals surface area (Å²) < 4.78 is 1.03. The van der Waals surface area contributed by atoms with Crippen LogP contribution in [-0.2, 0) is 10.2 Å². The zero-order valence-corrected chi connectivity index (χ0v) is 15.7. The van der Waals surface area contributed by atoms with Gasteiger partial charge in [-0.05, 0) is 30.5 Å². The first kappa shape index (κ1) is 16.6. The van der Waals surface area contributed by atoms with E-state index < -0.39 is 5.41 Å². The minimum atomic E-state index is -0.440. The Morgan fingerprint density at radius 3 is 2.43 bits per heavy atom. The zero-order valence-electron chi connectivity index (χ0n) is 13.3. The topological polar surface area (TPSA) is 54.9 Å². The SMILES string of the molecule is CC(C)c1nnc(NC(=O)C2(c3ccc(Br)cc3)CCCC2)s1. The maximum Gasteiger partial charge on any atom is 0.236 e. The highest BCUT2D eigenvalue weighted by molar-refractivity contribution is 9.10. The number of carbonyl (C=O) groups excluding carboxylic acids is 1. The van der Waals surface area contributed by atoms with E-state index in [1.54, 1.807) is 0 Å². The molecule has 1 aliphatic carbocycles. The van der Waals surface area contributed by atoms with Crippen LogP contribution in [-0.4, -0.2) is 16.1 Å². The van der Waals surface area contributed by atoms with E-state index >= 15 is 0 Å². The molecule has 122 valence electrons. The van der Waals surface area contributed by atoms with Gasteiger partial charge in [0.15, 0.2) is 0 Å². The lowest BCUT2D eigenvalue weighted by molar-refractivity contribution is -0.121. The molecule has 0 unspecified atom stereocenters. The number of carbonyl (C=O) groups is 1. The third-order valence-electron chi connectivity index (χ3n) is 4.44. The molecule has 1 heterocycles. The van der Waals surface area contributed by atoms with Crippen molar-refractivity contribution in [2.75, 3.05) is 5.32 Å². The van der Waals surface area contributed by atoms with Crippen LogP contribution in [0.3, 0.4) is 0 Å². The monoisotopic (exact) mass is 393 g/mol. The Kier molecular flexibility index (Phi) is 4.82. The van der Waals surface area contributed by atoms with Crippen molar-refractivity contribution in [2.24, 2.45) is 0 Å². The van der Waals surface area contributed by atoms with Gasteiger partial charge in [0.1, 0.15) is 5.01 Å². The number of benzene rings is 1. The van der Waals surface area contributed by atoms with Gasteiger partial charge in [-0.3, -0.25) is 10.1 Å². The quantitative estimate of drug-likeness (QED) is 0.805. The summed E-state index contributed by atoms with van der Waals surface area (Å²) in [7, 11) is 0. The molecule has 1 N–H and O–H groups in total. The number of halogens is 1. The van der Waals surface area contributed by atoms with Gasteiger partial charge in [-0.15, -0.1) is 10.2 Å². The Balaban J connectivity index is 1.85. The van der Waals surface area contributed by atoms with E-state index in [4.69, 9.17) is 0 Å². The molecule has 0 aliphatic heterocycles. The van der Waals surface area contributed by atoms with Crippen molar-refractivity contribution in [1.29, 1.82) is 0 Å². The molecule has 3 rings (SSSR count). The minimum absolute atomic E-state index is 0.0452. The Morgan fingerprint density at radius 2 is 1.87 bits per heavy atom. The number of amides is 1. The van der Waals surface area contributed by atoms with Gasteiger partial charge in [-0.25, -0.2) is 0 Å². The maximum absolute atomic E-state index is 13.0. The van der Waals surface area contributed by atoms with Crippen LogP contribution in [0, 0.1) is 0 Å². The summed E-state index contributed by atoms with van der Waals surface area (Å²) in [6.45, 7) is 4.15. The summed E-state index contributed by atoms with van der Waals surface area (Å²) in [5.41, 5.74) is 0.647. The molecule has 0 bridgehead atoms. The van der Waals surface area contributed by atoms with Gasteiger partial charge in [-0.1, -0.05) is 66.1 Å². The fourth-order valence-electron chi connectivity index (χ4n) is 3.13. The van der Waals surface area contributed by atoms with Gasteiger partial charge < -0.3 is 0 Å². The average molecular weight is 394 g/mol. The standard InChI is InChI=1S/C17H20BrN3OS/c1-11(2)14-20-21-16(23-14)19-15(22)17(9-3-4-10-17)12-5-7-13(18)8-6-12/h5-8,11H,3-4,9-10H2,1-2H3,(H,19,21,22). The summed E-state index contributed by atoms with van der Waals surface area (Å²) in [6.07, 6.45) is 3.93. The van der Waals surface area contributed by atoms with Crippen molar-refractivity contribution < 1.29 is 4.79 Å². The van der Waals surface area contributed by atoms with E-state index in [0.29, 0.717) is 11.0 Å². The molecule has 1 aliphatic rings. The van der Waals surface area contributed by atoms with Gasteiger partial charge in [0, 0.05) is 10.4 Å². The van der Waals surface area contributed by atoms with Crippen molar-refractivity contribution in [2.45, 2.75) is 50.9 Å². The van der Waals surface area contributed by atoms with Crippen LogP contribution in [0.25, 0.3) is 0 Å². The van der Waals surface area contributed by atoms with E-state index in [-0.39, 0.29) is 5.91 Å². The molecule has 1 aromatic heterocycles. The smallest absolute Gasteiger partial charge is 0.236 e. The molecule has 1 aromatic carbocycles. The van der Waals surface area contributed by atoms with Crippen molar-refractivity contribution in [3.63, 3.8) is 0 Å². The Morgan fingerprint density at radius 1 is 1.22 bits per heavy atom. The van der Waals surface area contributed by atoms with Crippen molar-refractivity contribution in [3.8, 4) is 0 Å². The third kappa shape index (κ3) is 3.33. The predicted molar refractivity (Wildman–Crippen MR) is 96.9 cm³/mol. The van der Waals surface area contributed by atoms with Crippen molar-refractivity contribution >= 4 is 38.3 Å². The second kappa shape index (κ2) is 6.69. The summed E-state index contributed by atoms with van der Waals surface area (Å²) in [6, 6.07) is 8.11. The fraction of sp³-hybridized carbons (Fsp3) is 0.471. The molecule has 4 nitrogen and oxygen atoms in total. The number of nitrogens with zero attached hydrogens (tertiary/aromatic N) is 2. The van der Waals surface area contributed by atoms with Crippen molar-refractivity contribution in [1.82, 2.24) is 10.2 Å². The van der Waals surface area contributed by atoms with E-state index in [0.717, 1.165) is 40.7 Å². The lowest BCUT2D eigenvalue weighted by atomic mass is 9.78. The minimum Gasteiger partial charge on any atom is -0.300 e. The highest BCUT2D eigenvalue weighted by Gasteiger charge is 2.43. The molecule has 0 saturated heterocycles. The van der Waals surface area contributed by atoms with Crippen LogP contribution in [0.15, 0.2) is 28.7 Å². The number of hydrogen-bond acceptors (Lipinski definition) is 4. The van der Waals surface area contributed by atoms with Gasteiger partial charge in [0.2, 0.25) is 11.0 Å². The van der Waals surface area contributed by atoms with Crippen molar-refractivity contribution in [3.05, 3.63) is 39.3 Å². The molecule has 1 saturated carbocycles. The summed E-state index contributed by atoms with van der Waals surface area (Å²) >= 11 is 4.92. The Hall–Kier alpha value is -1.27. The highest BCUT2D eigenvalue weighted by atomic mass is 79.9. The number of aromatic nitrogens is 2. The second-order valence-electron chi connectivity index (χ2n) is 6.35. The lowest BCUT2D eigenvalue weighted by Crippen LogP contribution is -2.37. The molecular formula is C17H20BrN3OS. The second-order valence-corrected chi connectivity index (χ2v) is 8.28. The summed E-state index contributed by atoms with van der Waals surface area (Å²) in [4.78, 5) is 13.0. The molecule has 0 radical (unpaired) electrons. The van der Waals surface area contributed by atoms with Crippen LogP contribution < -0.4 is 5.32 Å². The van der Waals surface area contributed by atoms with Gasteiger partial charge in [0.25, 0.3) is 0 Å². The summed E-state index contributed by atoms with van der Waals surface area (Å²) in [5.74, 6) is 0.369. The normalized spacial score (nSPS) is 16.7. The first-order chi connectivity index (χ1) is 11.0. The zero-order chi connectivity index (χ0) is 16.4. The molecule has 1 fully saturated rings. The number of hydrogen-bond donors (Lipinski definition) is 1.